The summed E-state index contributed by atoms with van der Waals surface area (Å²) in [6, 6.07) is 3.01. The predicted molar refractivity (Wildman–Crippen MR) is 75.4 cm³/mol. The van der Waals surface area contributed by atoms with Crippen LogP contribution in [0, 0.1) is 11.3 Å². The van der Waals surface area contributed by atoms with E-state index in [4.69, 9.17) is 14.7 Å². The molecule has 0 aromatic carbocycles. The zero-order chi connectivity index (χ0) is 14.0. The van der Waals surface area contributed by atoms with Gasteiger partial charge in [-0.25, -0.2) is 0 Å². The molecule has 0 bridgehead atoms. The van der Waals surface area contributed by atoms with Crippen molar-refractivity contribution in [1.29, 1.82) is 5.26 Å². The van der Waals surface area contributed by atoms with E-state index in [9.17, 15) is 0 Å². The molecular formula is C15H25N3O2. The first-order chi connectivity index (χ1) is 9.72. The van der Waals surface area contributed by atoms with Crippen molar-refractivity contribution in [1.82, 2.24) is 9.80 Å². The maximum atomic E-state index is 9.01. The number of hydrogen-bond acceptors (Lipinski definition) is 5. The fourth-order valence-electron chi connectivity index (χ4n) is 3.75. The highest BCUT2D eigenvalue weighted by atomic mass is 16.6. The number of hydrogen-bond donors (Lipinski definition) is 0. The van der Waals surface area contributed by atoms with Gasteiger partial charge in [0.15, 0.2) is 0 Å². The molecule has 20 heavy (non-hydrogen) atoms. The molecule has 0 aromatic heterocycles. The van der Waals surface area contributed by atoms with E-state index in [1.807, 2.05) is 6.92 Å². The van der Waals surface area contributed by atoms with Crippen molar-refractivity contribution in [3.8, 4) is 6.07 Å². The molecule has 3 aliphatic rings. The van der Waals surface area contributed by atoms with Crippen LogP contribution in [0.25, 0.3) is 0 Å². The highest BCUT2D eigenvalue weighted by Gasteiger charge is 2.42. The van der Waals surface area contributed by atoms with E-state index in [2.05, 4.69) is 15.9 Å². The lowest BCUT2D eigenvalue weighted by Crippen LogP contribution is -2.56. The number of nitrogens with zero attached hydrogens (tertiary/aromatic N) is 3. The summed E-state index contributed by atoms with van der Waals surface area (Å²) in [4.78, 5) is 4.88. The van der Waals surface area contributed by atoms with E-state index in [1.54, 1.807) is 0 Å². The van der Waals surface area contributed by atoms with Gasteiger partial charge in [0, 0.05) is 51.9 Å². The quantitative estimate of drug-likeness (QED) is 0.750. The first-order valence-corrected chi connectivity index (χ1v) is 7.82. The van der Waals surface area contributed by atoms with Gasteiger partial charge < -0.3 is 9.47 Å². The Balaban J connectivity index is 1.54. The second-order valence-electron chi connectivity index (χ2n) is 6.36. The van der Waals surface area contributed by atoms with Gasteiger partial charge in [-0.2, -0.15) is 5.26 Å². The summed E-state index contributed by atoms with van der Waals surface area (Å²) >= 11 is 0. The minimum atomic E-state index is -0.00000327. The van der Waals surface area contributed by atoms with E-state index in [0.29, 0.717) is 6.04 Å². The molecule has 3 fully saturated rings. The van der Waals surface area contributed by atoms with Gasteiger partial charge in [0.05, 0.1) is 24.3 Å². The molecule has 3 aliphatic heterocycles. The van der Waals surface area contributed by atoms with Crippen molar-refractivity contribution in [2.24, 2.45) is 0 Å². The molecule has 5 nitrogen and oxygen atoms in total. The molecule has 0 saturated carbocycles. The summed E-state index contributed by atoms with van der Waals surface area (Å²) in [6.45, 7) is 8.65. The second kappa shape index (κ2) is 5.98. The SMILES string of the molecule is CC(C#N)N1CCN(C2CCOC3(CCOC3)C2)CC1. The summed E-state index contributed by atoms with van der Waals surface area (Å²) in [5, 5.41) is 9.01. The van der Waals surface area contributed by atoms with Gasteiger partial charge in [-0.3, -0.25) is 9.80 Å². The van der Waals surface area contributed by atoms with Gasteiger partial charge >= 0.3 is 0 Å². The lowest BCUT2D eigenvalue weighted by Gasteiger charge is -2.45. The van der Waals surface area contributed by atoms with Crippen LogP contribution in [-0.4, -0.2) is 73.5 Å². The Morgan fingerprint density at radius 3 is 2.70 bits per heavy atom. The normalized spacial score (nSPS) is 37.9. The lowest BCUT2D eigenvalue weighted by atomic mass is 9.88. The van der Waals surface area contributed by atoms with Crippen molar-refractivity contribution in [3.05, 3.63) is 0 Å². The van der Waals surface area contributed by atoms with Crippen LogP contribution in [0.2, 0.25) is 0 Å². The molecule has 3 rings (SSSR count). The third-order valence-electron chi connectivity index (χ3n) is 5.13. The number of nitriles is 1. The van der Waals surface area contributed by atoms with Crippen LogP contribution in [0.4, 0.5) is 0 Å². The highest BCUT2D eigenvalue weighted by molar-refractivity contribution is 4.96. The minimum absolute atomic E-state index is 0.00000327. The van der Waals surface area contributed by atoms with Crippen LogP contribution in [0.1, 0.15) is 26.2 Å². The molecule has 3 heterocycles. The number of ether oxygens (including phenoxy) is 2. The molecular weight excluding hydrogens is 254 g/mol. The van der Waals surface area contributed by atoms with Crippen molar-refractivity contribution < 1.29 is 9.47 Å². The van der Waals surface area contributed by atoms with E-state index in [0.717, 1.165) is 65.3 Å². The van der Waals surface area contributed by atoms with Gasteiger partial charge in [-0.15, -0.1) is 0 Å². The van der Waals surface area contributed by atoms with Crippen molar-refractivity contribution >= 4 is 0 Å². The highest BCUT2D eigenvalue weighted by Crippen LogP contribution is 2.35. The van der Waals surface area contributed by atoms with Gasteiger partial charge in [0.25, 0.3) is 0 Å². The largest absolute Gasteiger partial charge is 0.378 e. The third-order valence-corrected chi connectivity index (χ3v) is 5.13. The van der Waals surface area contributed by atoms with Crippen LogP contribution in [-0.2, 0) is 9.47 Å². The maximum Gasteiger partial charge on any atom is 0.0951 e. The molecule has 0 aliphatic carbocycles. The molecule has 3 unspecified atom stereocenters. The summed E-state index contributed by atoms with van der Waals surface area (Å²) < 4.78 is 11.6. The van der Waals surface area contributed by atoms with Crippen molar-refractivity contribution in [2.45, 2.75) is 43.9 Å². The maximum absolute atomic E-state index is 9.01. The Morgan fingerprint density at radius 1 is 1.25 bits per heavy atom. The van der Waals surface area contributed by atoms with Crippen LogP contribution in [0.3, 0.4) is 0 Å². The topological polar surface area (TPSA) is 48.7 Å². The van der Waals surface area contributed by atoms with E-state index < -0.39 is 0 Å². The minimum Gasteiger partial charge on any atom is -0.378 e. The summed E-state index contributed by atoms with van der Waals surface area (Å²) in [5.74, 6) is 0. The molecule has 1 spiro atoms. The summed E-state index contributed by atoms with van der Waals surface area (Å²) in [6.07, 6.45) is 3.30. The Hall–Kier alpha value is -0.670. The first kappa shape index (κ1) is 14.3. The lowest BCUT2D eigenvalue weighted by molar-refractivity contribution is -0.110. The Morgan fingerprint density at radius 2 is 2.05 bits per heavy atom. The summed E-state index contributed by atoms with van der Waals surface area (Å²) in [5.41, 5.74) is -0.00000327. The Labute approximate surface area is 121 Å². The van der Waals surface area contributed by atoms with E-state index >= 15 is 0 Å². The van der Waals surface area contributed by atoms with Crippen LogP contribution in [0.5, 0.6) is 0 Å². The second-order valence-corrected chi connectivity index (χ2v) is 6.36. The molecule has 0 N–H and O–H groups in total. The number of rotatable bonds is 2. The monoisotopic (exact) mass is 279 g/mol. The van der Waals surface area contributed by atoms with Gasteiger partial charge in [0.1, 0.15) is 0 Å². The van der Waals surface area contributed by atoms with E-state index in [-0.39, 0.29) is 11.6 Å². The molecule has 3 saturated heterocycles. The molecule has 0 radical (unpaired) electrons. The molecule has 3 atom stereocenters. The van der Waals surface area contributed by atoms with Gasteiger partial charge in [-0.1, -0.05) is 0 Å². The van der Waals surface area contributed by atoms with E-state index in [1.165, 1.54) is 0 Å². The Kier molecular flexibility index (Phi) is 4.27. The zero-order valence-corrected chi connectivity index (χ0v) is 12.4. The fraction of sp³-hybridized carbons (Fsp3) is 0.933. The zero-order valence-electron chi connectivity index (χ0n) is 12.4. The van der Waals surface area contributed by atoms with Crippen LogP contribution >= 0.6 is 0 Å². The smallest absolute Gasteiger partial charge is 0.0951 e. The first-order valence-electron chi connectivity index (χ1n) is 7.82. The molecule has 5 heteroatoms. The Bertz CT molecular complexity index is 368. The van der Waals surface area contributed by atoms with Gasteiger partial charge in [0.2, 0.25) is 0 Å². The van der Waals surface area contributed by atoms with Crippen LogP contribution < -0.4 is 0 Å². The van der Waals surface area contributed by atoms with Crippen molar-refractivity contribution in [3.63, 3.8) is 0 Å². The molecule has 112 valence electrons. The molecule has 0 aromatic rings. The fourth-order valence-corrected chi connectivity index (χ4v) is 3.75. The van der Waals surface area contributed by atoms with Crippen molar-refractivity contribution in [2.75, 3.05) is 46.0 Å². The standard InChI is InChI=1S/C15H25N3O2/c1-13(11-16)17-4-6-18(7-5-17)14-2-8-20-15(10-14)3-9-19-12-15/h13-14H,2-10,12H2,1H3. The predicted octanol–water partition coefficient (Wildman–Crippen LogP) is 0.854. The summed E-state index contributed by atoms with van der Waals surface area (Å²) in [7, 11) is 0. The van der Waals surface area contributed by atoms with Crippen LogP contribution in [0.15, 0.2) is 0 Å². The number of piperazine rings is 1. The van der Waals surface area contributed by atoms with Gasteiger partial charge in [-0.05, 0) is 19.8 Å². The molecule has 0 amide bonds. The average Bonchev–Trinajstić information content (AvgIpc) is 2.94. The third kappa shape index (κ3) is 2.84. The average molecular weight is 279 g/mol.